The average Bonchev–Trinajstić information content (AvgIpc) is 3.51. The van der Waals surface area contributed by atoms with Crippen LogP contribution in [0.5, 0.6) is 0 Å². The Labute approximate surface area is 204 Å². The van der Waals surface area contributed by atoms with E-state index in [1.54, 1.807) is 6.26 Å². The lowest BCUT2D eigenvalue weighted by atomic mass is 9.77. The van der Waals surface area contributed by atoms with Gasteiger partial charge in [0.2, 0.25) is 5.95 Å². The molecule has 0 saturated carbocycles. The summed E-state index contributed by atoms with van der Waals surface area (Å²) >= 11 is 0. The maximum atomic E-state index is 12.8. The summed E-state index contributed by atoms with van der Waals surface area (Å²) in [5.41, 5.74) is 7.83. The van der Waals surface area contributed by atoms with Crippen molar-refractivity contribution in [3.63, 3.8) is 0 Å². The number of aliphatic hydroxyl groups is 1. The summed E-state index contributed by atoms with van der Waals surface area (Å²) in [7, 11) is 0. The van der Waals surface area contributed by atoms with Gasteiger partial charge in [0.25, 0.3) is 0 Å². The molecule has 8 nitrogen and oxygen atoms in total. The Morgan fingerprint density at radius 3 is 3.06 bits per heavy atom. The van der Waals surface area contributed by atoms with E-state index in [2.05, 4.69) is 20.9 Å². The lowest BCUT2D eigenvalue weighted by Gasteiger charge is -2.34. The quantitative estimate of drug-likeness (QED) is 0.729. The van der Waals surface area contributed by atoms with E-state index in [0.717, 1.165) is 65.2 Å². The minimum Gasteiger partial charge on any atom is -0.496 e. The summed E-state index contributed by atoms with van der Waals surface area (Å²) in [6, 6.07) is 8.07. The smallest absolute Gasteiger partial charge is 0.230 e. The van der Waals surface area contributed by atoms with Crippen LogP contribution in [0.4, 0.5) is 11.6 Å². The Bertz CT molecular complexity index is 1320. The van der Waals surface area contributed by atoms with E-state index in [-0.39, 0.29) is 5.78 Å². The number of nitrogens with zero attached hydrogens (tertiary/aromatic N) is 5. The number of fused-ring (bicyclic) bond motifs is 3. The van der Waals surface area contributed by atoms with Crippen molar-refractivity contribution in [2.75, 3.05) is 31.1 Å². The highest BCUT2D eigenvalue weighted by Gasteiger charge is 2.38. The third kappa shape index (κ3) is 3.72. The van der Waals surface area contributed by atoms with Crippen LogP contribution in [0.2, 0.25) is 0 Å². The molecule has 1 N–H and O–H groups in total. The molecule has 2 unspecified atom stereocenters. The van der Waals surface area contributed by atoms with E-state index in [1.165, 1.54) is 0 Å². The number of rotatable bonds is 4. The van der Waals surface area contributed by atoms with Crippen LogP contribution in [0.15, 0.2) is 47.4 Å². The molecule has 4 heterocycles. The molecule has 2 atom stereocenters. The maximum absolute atomic E-state index is 12.8. The van der Waals surface area contributed by atoms with E-state index in [9.17, 15) is 15.2 Å². The zero-order chi connectivity index (χ0) is 24.1. The summed E-state index contributed by atoms with van der Waals surface area (Å²) < 4.78 is 5.41. The molecule has 3 aliphatic heterocycles. The Morgan fingerprint density at radius 1 is 1.31 bits per heavy atom. The number of hydrogen-bond acceptors (Lipinski definition) is 8. The molecule has 6 rings (SSSR count). The van der Waals surface area contributed by atoms with Gasteiger partial charge in [-0.2, -0.15) is 5.26 Å². The van der Waals surface area contributed by atoms with Gasteiger partial charge in [-0.1, -0.05) is 11.6 Å². The Hall–Kier alpha value is -3.54. The monoisotopic (exact) mass is 469 g/mol. The highest BCUT2D eigenvalue weighted by atomic mass is 16.5. The van der Waals surface area contributed by atoms with E-state index in [4.69, 9.17) is 9.72 Å². The van der Waals surface area contributed by atoms with Crippen LogP contribution in [0.25, 0.3) is 0 Å². The standard InChI is InChI=1S/C27H27N5O3/c1-16-21-15-35-14-18(21)9-24(33)26(16)25(34)13-31-7-6-22-19(12-31)11-29-27(30-22)32-8-5-20-17(10-28)3-2-4-23(20)32/h2-4,11,14,25-26,34H,5-9,12-13,15H2,1H3. The van der Waals surface area contributed by atoms with Gasteiger partial charge in [-0.15, -0.1) is 0 Å². The van der Waals surface area contributed by atoms with Crippen LogP contribution in [0.1, 0.15) is 35.7 Å². The van der Waals surface area contributed by atoms with E-state index in [0.29, 0.717) is 37.6 Å². The third-order valence-corrected chi connectivity index (χ3v) is 7.71. The molecular weight excluding hydrogens is 442 g/mol. The normalized spacial score (nSPS) is 22.2. The van der Waals surface area contributed by atoms with Crippen molar-refractivity contribution in [1.82, 2.24) is 14.9 Å². The van der Waals surface area contributed by atoms with Gasteiger partial charge in [-0.05, 0) is 36.6 Å². The van der Waals surface area contributed by atoms with Gasteiger partial charge >= 0.3 is 0 Å². The van der Waals surface area contributed by atoms with Gasteiger partial charge in [0.05, 0.1) is 35.6 Å². The number of aromatic nitrogens is 2. The first-order valence-corrected chi connectivity index (χ1v) is 12.1. The summed E-state index contributed by atoms with van der Waals surface area (Å²) in [6.45, 7) is 5.04. The molecule has 0 amide bonds. The fourth-order valence-corrected chi connectivity index (χ4v) is 5.90. The van der Waals surface area contributed by atoms with Gasteiger partial charge in [-0.25, -0.2) is 9.97 Å². The number of ketones is 1. The predicted molar refractivity (Wildman–Crippen MR) is 129 cm³/mol. The summed E-state index contributed by atoms with van der Waals surface area (Å²) in [6.07, 6.45) is 4.71. The zero-order valence-electron chi connectivity index (χ0n) is 19.7. The minimum absolute atomic E-state index is 0.0614. The molecular formula is C27H27N5O3. The highest BCUT2D eigenvalue weighted by Crippen LogP contribution is 2.37. The Balaban J connectivity index is 1.17. The van der Waals surface area contributed by atoms with Gasteiger partial charge in [0.15, 0.2) is 0 Å². The molecule has 0 spiro atoms. The van der Waals surface area contributed by atoms with Crippen LogP contribution in [-0.2, 0) is 28.9 Å². The van der Waals surface area contributed by atoms with E-state index in [1.807, 2.05) is 31.3 Å². The molecule has 2 aromatic rings. The number of carbonyl (C=O) groups is 1. The molecule has 0 radical (unpaired) electrons. The fraction of sp³-hybridized carbons (Fsp3) is 0.407. The van der Waals surface area contributed by atoms with Crippen LogP contribution in [-0.4, -0.2) is 58.1 Å². The summed E-state index contributed by atoms with van der Waals surface area (Å²) in [5.74, 6) is 0.257. The molecule has 178 valence electrons. The molecule has 1 aromatic heterocycles. The number of hydrogen-bond donors (Lipinski definition) is 1. The molecule has 8 heteroatoms. The number of ether oxygens (including phenoxy) is 1. The SMILES string of the molecule is CC1=C2COC=C2CC(=O)C1C(O)CN1CCc2nc(N3CCc4c(C#N)cccc43)ncc2C1. The minimum atomic E-state index is -0.755. The van der Waals surface area contributed by atoms with Crippen molar-refractivity contribution in [2.45, 2.75) is 38.8 Å². The number of anilines is 2. The lowest BCUT2D eigenvalue weighted by Crippen LogP contribution is -2.43. The number of carbonyl (C=O) groups excluding carboxylic acids is 1. The lowest BCUT2D eigenvalue weighted by molar-refractivity contribution is -0.124. The van der Waals surface area contributed by atoms with Crippen LogP contribution in [0.3, 0.4) is 0 Å². The van der Waals surface area contributed by atoms with Crippen LogP contribution in [0, 0.1) is 17.2 Å². The summed E-state index contributed by atoms with van der Waals surface area (Å²) in [4.78, 5) is 26.6. The topological polar surface area (TPSA) is 103 Å². The third-order valence-electron chi connectivity index (χ3n) is 7.71. The first kappa shape index (κ1) is 22.0. The first-order chi connectivity index (χ1) is 17.0. The van der Waals surface area contributed by atoms with Crippen molar-refractivity contribution in [2.24, 2.45) is 5.92 Å². The van der Waals surface area contributed by atoms with Crippen molar-refractivity contribution < 1.29 is 14.6 Å². The Morgan fingerprint density at radius 2 is 2.20 bits per heavy atom. The fourth-order valence-electron chi connectivity index (χ4n) is 5.90. The number of aliphatic hydroxyl groups excluding tert-OH is 1. The van der Waals surface area contributed by atoms with Crippen LogP contribution >= 0.6 is 0 Å². The Kier molecular flexibility index (Phi) is 5.39. The second-order valence-corrected chi connectivity index (χ2v) is 9.75. The van der Waals surface area contributed by atoms with Gasteiger partial charge in [-0.3, -0.25) is 9.69 Å². The second-order valence-electron chi connectivity index (χ2n) is 9.75. The molecule has 0 saturated heterocycles. The average molecular weight is 470 g/mol. The zero-order valence-corrected chi connectivity index (χ0v) is 19.7. The number of β-amino-alcohol motifs (C(OH)–C–C–N with tert-alkyl or cyclic N) is 1. The van der Waals surface area contributed by atoms with E-state index < -0.39 is 12.0 Å². The van der Waals surface area contributed by atoms with Gasteiger partial charge < -0.3 is 14.7 Å². The molecule has 35 heavy (non-hydrogen) atoms. The van der Waals surface area contributed by atoms with Crippen LogP contribution < -0.4 is 4.90 Å². The number of benzene rings is 1. The second kappa shape index (κ2) is 8.59. The predicted octanol–water partition coefficient (Wildman–Crippen LogP) is 2.58. The van der Waals surface area contributed by atoms with Crippen molar-refractivity contribution >= 4 is 17.4 Å². The summed E-state index contributed by atoms with van der Waals surface area (Å²) in [5, 5.41) is 20.4. The van der Waals surface area contributed by atoms with Gasteiger partial charge in [0, 0.05) is 62.0 Å². The molecule has 4 aliphatic rings. The van der Waals surface area contributed by atoms with Crippen molar-refractivity contribution in [3.05, 3.63) is 69.8 Å². The highest BCUT2D eigenvalue weighted by molar-refractivity contribution is 5.90. The van der Waals surface area contributed by atoms with E-state index >= 15 is 0 Å². The largest absolute Gasteiger partial charge is 0.496 e. The molecule has 1 aromatic carbocycles. The van der Waals surface area contributed by atoms with Gasteiger partial charge in [0.1, 0.15) is 12.4 Å². The molecule has 1 aliphatic carbocycles. The molecule has 0 bridgehead atoms. The van der Waals surface area contributed by atoms with Crippen molar-refractivity contribution in [3.8, 4) is 6.07 Å². The molecule has 0 fully saturated rings. The number of nitriles is 1. The van der Waals surface area contributed by atoms with Crippen molar-refractivity contribution in [1.29, 1.82) is 5.26 Å². The maximum Gasteiger partial charge on any atom is 0.230 e. The first-order valence-electron chi connectivity index (χ1n) is 12.1. The number of Topliss-reactive ketones (excluding diaryl/α,β-unsaturated/α-hetero) is 1.